The number of ether oxygens (including phenoxy) is 8. The molecule has 0 saturated heterocycles. The van der Waals surface area contributed by atoms with Crippen LogP contribution in [0.15, 0.2) is 0 Å². The van der Waals surface area contributed by atoms with Crippen molar-refractivity contribution >= 4 is 5.97 Å². The Kier molecular flexibility index (Phi) is 40.4. The number of aliphatic carboxylic acids is 1. The van der Waals surface area contributed by atoms with Gasteiger partial charge >= 0.3 is 5.97 Å². The number of unbranched alkanes of at least 4 members (excludes halogenated alkanes) is 15. The van der Waals surface area contributed by atoms with E-state index in [1.165, 1.54) is 96.3 Å². The average Bonchev–Trinajstić information content (AvgIpc) is 3.03. The van der Waals surface area contributed by atoms with Crippen molar-refractivity contribution in [3.05, 3.63) is 0 Å². The smallest absolute Gasteiger partial charge is 0.305 e. The van der Waals surface area contributed by atoms with Crippen LogP contribution < -0.4 is 0 Å². The predicted octanol–water partition coefficient (Wildman–Crippen LogP) is 6.86. The van der Waals surface area contributed by atoms with Crippen molar-refractivity contribution in [3.8, 4) is 0 Å². The van der Waals surface area contributed by atoms with E-state index in [1.54, 1.807) is 0 Å². The molecule has 0 unspecified atom stereocenters. The van der Waals surface area contributed by atoms with E-state index < -0.39 is 5.97 Å². The van der Waals surface area contributed by atoms with Crippen molar-refractivity contribution < 1.29 is 47.8 Å². The van der Waals surface area contributed by atoms with Crippen LogP contribution in [0.4, 0.5) is 0 Å². The van der Waals surface area contributed by atoms with Crippen LogP contribution in [-0.4, -0.2) is 117 Å². The summed E-state index contributed by atoms with van der Waals surface area (Å²) in [7, 11) is 0. The highest BCUT2D eigenvalue weighted by atomic mass is 16.6. The number of hydrogen-bond donors (Lipinski definition) is 1. The van der Waals surface area contributed by atoms with E-state index in [0.717, 1.165) is 13.0 Å². The topological polar surface area (TPSA) is 111 Å². The molecule has 0 aromatic carbocycles. The van der Waals surface area contributed by atoms with Crippen LogP contribution in [0.2, 0.25) is 0 Å². The summed E-state index contributed by atoms with van der Waals surface area (Å²) in [5, 5.41) is 8.49. The van der Waals surface area contributed by atoms with Crippen molar-refractivity contribution in [3.63, 3.8) is 0 Å². The molecule has 0 aliphatic carbocycles. The molecule has 0 saturated carbocycles. The lowest BCUT2D eigenvalue weighted by Gasteiger charge is -2.08. The maximum atomic E-state index is 10.3. The molecular weight excluding hydrogens is 580 g/mol. The molecule has 0 aromatic heterocycles. The van der Waals surface area contributed by atoms with Crippen LogP contribution in [0.1, 0.15) is 116 Å². The van der Waals surface area contributed by atoms with E-state index in [2.05, 4.69) is 6.92 Å². The summed E-state index contributed by atoms with van der Waals surface area (Å²) in [6.45, 7) is 10.5. The first-order valence-corrected chi connectivity index (χ1v) is 18.1. The van der Waals surface area contributed by atoms with Gasteiger partial charge in [-0.15, -0.1) is 0 Å². The van der Waals surface area contributed by atoms with Crippen molar-refractivity contribution in [2.75, 3.05) is 106 Å². The molecule has 10 heteroatoms. The molecule has 10 nitrogen and oxygen atoms in total. The monoisotopic (exact) mass is 650 g/mol. The molecule has 0 fully saturated rings. The summed E-state index contributed by atoms with van der Waals surface area (Å²) >= 11 is 0. The SMILES string of the molecule is CCCCCCCCCCCCCCCCCCOCCOCCOCCOCCOCCOCCOCCOCCC(=O)O. The molecule has 0 aliphatic heterocycles. The largest absolute Gasteiger partial charge is 0.481 e. The Morgan fingerprint density at radius 1 is 0.333 bits per heavy atom. The van der Waals surface area contributed by atoms with Gasteiger partial charge in [0.15, 0.2) is 0 Å². The summed E-state index contributed by atoms with van der Waals surface area (Å²) in [6.07, 6.45) is 22.2. The summed E-state index contributed by atoms with van der Waals surface area (Å²) < 4.78 is 43.5. The van der Waals surface area contributed by atoms with Gasteiger partial charge in [0.05, 0.1) is 106 Å². The Labute approximate surface area is 275 Å². The Balaban J connectivity index is 3.04. The molecule has 1 N–H and O–H groups in total. The molecular formula is C35H70O10. The van der Waals surface area contributed by atoms with Crippen molar-refractivity contribution in [1.82, 2.24) is 0 Å². The van der Waals surface area contributed by atoms with Crippen LogP contribution in [-0.2, 0) is 42.7 Å². The fraction of sp³-hybridized carbons (Fsp3) is 0.971. The number of rotatable bonds is 41. The van der Waals surface area contributed by atoms with Gasteiger partial charge in [0, 0.05) is 6.61 Å². The van der Waals surface area contributed by atoms with Crippen LogP contribution in [0.25, 0.3) is 0 Å². The maximum absolute atomic E-state index is 10.3. The number of hydrogen-bond acceptors (Lipinski definition) is 9. The number of carboxylic acid groups (broad SMARTS) is 1. The molecule has 0 radical (unpaired) electrons. The van der Waals surface area contributed by atoms with Gasteiger partial charge in [-0.1, -0.05) is 103 Å². The van der Waals surface area contributed by atoms with Gasteiger partial charge in [-0.3, -0.25) is 4.79 Å². The molecule has 45 heavy (non-hydrogen) atoms. The van der Waals surface area contributed by atoms with Gasteiger partial charge in [0.25, 0.3) is 0 Å². The number of carboxylic acids is 1. The van der Waals surface area contributed by atoms with Gasteiger partial charge in [0.1, 0.15) is 0 Å². The summed E-state index contributed by atoms with van der Waals surface area (Å²) in [6, 6.07) is 0. The zero-order valence-corrected chi connectivity index (χ0v) is 29.0. The van der Waals surface area contributed by atoms with Crippen LogP contribution >= 0.6 is 0 Å². The Hall–Kier alpha value is -0.850. The average molecular weight is 651 g/mol. The van der Waals surface area contributed by atoms with E-state index in [9.17, 15) is 4.79 Å². The third-order valence-electron chi connectivity index (χ3n) is 7.21. The Bertz CT molecular complexity index is 553. The van der Waals surface area contributed by atoms with Crippen molar-refractivity contribution in [2.45, 2.75) is 116 Å². The van der Waals surface area contributed by atoms with Crippen LogP contribution in [0, 0.1) is 0 Å². The van der Waals surface area contributed by atoms with Gasteiger partial charge in [-0.05, 0) is 6.42 Å². The highest BCUT2D eigenvalue weighted by Crippen LogP contribution is 2.13. The Morgan fingerprint density at radius 3 is 0.822 bits per heavy atom. The normalized spacial score (nSPS) is 11.5. The van der Waals surface area contributed by atoms with Gasteiger partial charge < -0.3 is 43.0 Å². The zero-order chi connectivity index (χ0) is 32.6. The van der Waals surface area contributed by atoms with E-state index in [0.29, 0.717) is 92.5 Å². The van der Waals surface area contributed by atoms with Gasteiger partial charge in [-0.25, -0.2) is 0 Å². The maximum Gasteiger partial charge on any atom is 0.305 e. The van der Waals surface area contributed by atoms with E-state index >= 15 is 0 Å². The summed E-state index contributed by atoms with van der Waals surface area (Å²) in [5.41, 5.74) is 0. The first kappa shape index (κ1) is 44.1. The van der Waals surface area contributed by atoms with E-state index in [4.69, 9.17) is 43.0 Å². The minimum absolute atomic E-state index is 0.00751. The predicted molar refractivity (Wildman–Crippen MR) is 178 cm³/mol. The highest BCUT2D eigenvalue weighted by molar-refractivity contribution is 5.66. The highest BCUT2D eigenvalue weighted by Gasteiger charge is 1.98. The lowest BCUT2D eigenvalue weighted by molar-refractivity contribution is -0.138. The third-order valence-corrected chi connectivity index (χ3v) is 7.21. The second-order valence-electron chi connectivity index (χ2n) is 11.3. The minimum Gasteiger partial charge on any atom is -0.481 e. The third kappa shape index (κ3) is 43.1. The van der Waals surface area contributed by atoms with Gasteiger partial charge in [0.2, 0.25) is 0 Å². The molecule has 0 aromatic rings. The number of carbonyl (C=O) groups is 1. The summed E-state index contributed by atoms with van der Waals surface area (Å²) in [4.78, 5) is 10.3. The lowest BCUT2D eigenvalue weighted by Crippen LogP contribution is -2.15. The molecule has 0 bridgehead atoms. The second kappa shape index (κ2) is 41.2. The second-order valence-corrected chi connectivity index (χ2v) is 11.3. The fourth-order valence-corrected chi connectivity index (χ4v) is 4.55. The molecule has 0 atom stereocenters. The first-order valence-electron chi connectivity index (χ1n) is 18.1. The minimum atomic E-state index is -0.865. The molecule has 0 amide bonds. The van der Waals surface area contributed by atoms with Crippen molar-refractivity contribution in [2.24, 2.45) is 0 Å². The molecule has 270 valence electrons. The molecule has 0 rings (SSSR count). The van der Waals surface area contributed by atoms with E-state index in [1.807, 2.05) is 0 Å². The van der Waals surface area contributed by atoms with Crippen molar-refractivity contribution in [1.29, 1.82) is 0 Å². The van der Waals surface area contributed by atoms with Crippen LogP contribution in [0.5, 0.6) is 0 Å². The van der Waals surface area contributed by atoms with Gasteiger partial charge in [-0.2, -0.15) is 0 Å². The Morgan fingerprint density at radius 2 is 0.556 bits per heavy atom. The lowest BCUT2D eigenvalue weighted by atomic mass is 10.0. The molecule has 0 aliphatic rings. The first-order chi connectivity index (χ1) is 22.3. The standard InChI is InChI=1S/C35H70O10/c1-2-3-4-5-6-7-8-9-10-11-12-13-14-15-16-17-19-38-21-23-40-25-27-42-29-31-44-33-34-45-32-30-43-28-26-41-24-22-39-20-18-35(36)37/h2-34H2,1H3,(H,36,37). The van der Waals surface area contributed by atoms with Crippen LogP contribution in [0.3, 0.4) is 0 Å². The zero-order valence-electron chi connectivity index (χ0n) is 29.0. The van der Waals surface area contributed by atoms with E-state index in [-0.39, 0.29) is 13.0 Å². The fourth-order valence-electron chi connectivity index (χ4n) is 4.55. The quantitative estimate of drug-likeness (QED) is 0.0705. The summed E-state index contributed by atoms with van der Waals surface area (Å²) in [5.74, 6) is -0.865. The molecule has 0 spiro atoms. The molecule has 0 heterocycles.